The van der Waals surface area contributed by atoms with Crippen molar-refractivity contribution in [3.8, 4) is 5.75 Å². The number of methoxy groups -OCH3 is 1. The van der Waals surface area contributed by atoms with E-state index in [4.69, 9.17) is 4.74 Å². The van der Waals surface area contributed by atoms with Crippen LogP contribution in [0.3, 0.4) is 0 Å². The van der Waals surface area contributed by atoms with Crippen molar-refractivity contribution in [1.29, 1.82) is 0 Å². The largest absolute Gasteiger partial charge is 0.495 e. The molecule has 7 nitrogen and oxygen atoms in total. The van der Waals surface area contributed by atoms with Crippen LogP contribution in [0, 0.1) is 0 Å². The molecule has 1 unspecified atom stereocenters. The summed E-state index contributed by atoms with van der Waals surface area (Å²) in [6.45, 7) is 3.81. The van der Waals surface area contributed by atoms with Gasteiger partial charge in [0.2, 0.25) is 5.91 Å². The molecule has 1 atom stereocenters. The van der Waals surface area contributed by atoms with Gasteiger partial charge in [-0.25, -0.2) is 4.79 Å². The SMILES string of the molecule is CCCN(CC(=O)N1CCn2cccc2C1c1ccccc1)C(=O)Nc1ccccc1OC. The van der Waals surface area contributed by atoms with Crippen LogP contribution >= 0.6 is 0 Å². The van der Waals surface area contributed by atoms with Gasteiger partial charge >= 0.3 is 6.03 Å². The van der Waals surface area contributed by atoms with Crippen LogP contribution in [0.2, 0.25) is 0 Å². The van der Waals surface area contributed by atoms with Crippen LogP contribution in [0.4, 0.5) is 10.5 Å². The molecule has 0 saturated carbocycles. The van der Waals surface area contributed by atoms with E-state index in [1.807, 2.05) is 60.4 Å². The molecule has 33 heavy (non-hydrogen) atoms. The third kappa shape index (κ3) is 4.87. The second-order valence-corrected chi connectivity index (χ2v) is 8.08. The summed E-state index contributed by atoms with van der Waals surface area (Å²) in [7, 11) is 1.56. The summed E-state index contributed by atoms with van der Waals surface area (Å²) in [6, 6.07) is 20.9. The van der Waals surface area contributed by atoms with E-state index in [1.54, 1.807) is 24.1 Å². The van der Waals surface area contributed by atoms with Gasteiger partial charge in [0.15, 0.2) is 0 Å². The molecule has 0 fully saturated rings. The van der Waals surface area contributed by atoms with Crippen LogP contribution in [0.5, 0.6) is 5.75 Å². The molecule has 1 N–H and O–H groups in total. The lowest BCUT2D eigenvalue weighted by atomic mass is 10.00. The smallest absolute Gasteiger partial charge is 0.322 e. The van der Waals surface area contributed by atoms with Crippen LogP contribution in [0.25, 0.3) is 0 Å². The number of hydrogen-bond acceptors (Lipinski definition) is 3. The molecule has 1 aromatic heterocycles. The summed E-state index contributed by atoms with van der Waals surface area (Å²) < 4.78 is 7.53. The minimum absolute atomic E-state index is 0.0128. The number of carbonyl (C=O) groups is 2. The Morgan fingerprint density at radius 3 is 2.55 bits per heavy atom. The summed E-state index contributed by atoms with van der Waals surface area (Å²) in [4.78, 5) is 30.1. The highest BCUT2D eigenvalue weighted by atomic mass is 16.5. The maximum atomic E-state index is 13.5. The molecule has 2 aromatic carbocycles. The van der Waals surface area contributed by atoms with Crippen LogP contribution in [-0.4, -0.2) is 53.0 Å². The fourth-order valence-corrected chi connectivity index (χ4v) is 4.36. The Morgan fingerprint density at radius 1 is 1.03 bits per heavy atom. The zero-order valence-corrected chi connectivity index (χ0v) is 19.1. The first kappa shape index (κ1) is 22.5. The predicted octanol–water partition coefficient (Wildman–Crippen LogP) is 4.37. The number of hydrogen-bond donors (Lipinski definition) is 1. The number of anilines is 1. The molecule has 0 radical (unpaired) electrons. The number of rotatable bonds is 7. The van der Waals surface area contributed by atoms with E-state index in [2.05, 4.69) is 22.1 Å². The lowest BCUT2D eigenvalue weighted by Crippen LogP contribution is -2.48. The third-order valence-electron chi connectivity index (χ3n) is 5.93. The molecule has 0 saturated heterocycles. The highest BCUT2D eigenvalue weighted by Crippen LogP contribution is 2.32. The maximum Gasteiger partial charge on any atom is 0.322 e. The maximum absolute atomic E-state index is 13.5. The first-order valence-electron chi connectivity index (χ1n) is 11.3. The normalized spacial score (nSPS) is 15.0. The minimum atomic E-state index is -0.314. The molecule has 172 valence electrons. The molecule has 1 aliphatic heterocycles. The summed E-state index contributed by atoms with van der Waals surface area (Å²) >= 11 is 0. The van der Waals surface area contributed by atoms with Crippen LogP contribution < -0.4 is 10.1 Å². The number of ether oxygens (including phenoxy) is 1. The Morgan fingerprint density at radius 2 is 1.79 bits per heavy atom. The number of nitrogens with zero attached hydrogens (tertiary/aromatic N) is 3. The molecule has 2 heterocycles. The monoisotopic (exact) mass is 446 g/mol. The van der Waals surface area contributed by atoms with Gasteiger partial charge in [0.05, 0.1) is 18.8 Å². The van der Waals surface area contributed by atoms with Gasteiger partial charge in [0.25, 0.3) is 0 Å². The average molecular weight is 447 g/mol. The number of nitrogens with one attached hydrogen (secondary N) is 1. The summed E-state index contributed by atoms with van der Waals surface area (Å²) in [5.74, 6) is 0.509. The zero-order valence-electron chi connectivity index (χ0n) is 19.1. The second-order valence-electron chi connectivity index (χ2n) is 8.08. The molecular formula is C26H30N4O3. The quantitative estimate of drug-likeness (QED) is 0.586. The lowest BCUT2D eigenvalue weighted by molar-refractivity contribution is -0.134. The number of carbonyl (C=O) groups excluding carboxylic acids is 2. The molecule has 1 aliphatic rings. The Bertz CT molecular complexity index is 1100. The van der Waals surface area contributed by atoms with Crippen molar-refractivity contribution in [2.45, 2.75) is 25.9 Å². The summed E-state index contributed by atoms with van der Waals surface area (Å²) in [5.41, 5.74) is 2.73. The van der Waals surface area contributed by atoms with E-state index < -0.39 is 0 Å². The van der Waals surface area contributed by atoms with E-state index >= 15 is 0 Å². The van der Waals surface area contributed by atoms with E-state index in [9.17, 15) is 9.59 Å². The first-order valence-corrected chi connectivity index (χ1v) is 11.3. The fourth-order valence-electron chi connectivity index (χ4n) is 4.36. The Balaban J connectivity index is 1.54. The highest BCUT2D eigenvalue weighted by Gasteiger charge is 2.33. The molecule has 0 spiro atoms. The van der Waals surface area contributed by atoms with Crippen LogP contribution in [-0.2, 0) is 11.3 Å². The Labute approximate surface area is 194 Å². The average Bonchev–Trinajstić information content (AvgIpc) is 3.33. The van der Waals surface area contributed by atoms with Crippen molar-refractivity contribution >= 4 is 17.6 Å². The fraction of sp³-hybridized carbons (Fsp3) is 0.308. The summed E-state index contributed by atoms with van der Waals surface area (Å²) in [5, 5.41) is 2.90. The number of para-hydroxylation sites is 2. The van der Waals surface area contributed by atoms with Gasteiger partial charge in [0, 0.05) is 31.5 Å². The summed E-state index contributed by atoms with van der Waals surface area (Å²) in [6.07, 6.45) is 2.80. The van der Waals surface area contributed by atoms with Gasteiger partial charge in [-0.3, -0.25) is 4.79 Å². The minimum Gasteiger partial charge on any atom is -0.495 e. The number of amides is 3. The predicted molar refractivity (Wildman–Crippen MR) is 128 cm³/mol. The van der Waals surface area contributed by atoms with E-state index in [0.717, 1.165) is 24.2 Å². The van der Waals surface area contributed by atoms with Gasteiger partial charge in [-0.05, 0) is 36.2 Å². The van der Waals surface area contributed by atoms with Crippen LogP contribution in [0.15, 0.2) is 72.9 Å². The van der Waals surface area contributed by atoms with Crippen molar-refractivity contribution in [2.75, 3.05) is 32.1 Å². The topological polar surface area (TPSA) is 66.8 Å². The van der Waals surface area contributed by atoms with Crippen molar-refractivity contribution in [3.63, 3.8) is 0 Å². The highest BCUT2D eigenvalue weighted by molar-refractivity contribution is 5.93. The number of benzene rings is 2. The molecule has 4 rings (SSSR count). The number of aromatic nitrogens is 1. The molecule has 0 aliphatic carbocycles. The molecule has 3 aromatic rings. The van der Waals surface area contributed by atoms with Gasteiger partial charge in [0.1, 0.15) is 12.3 Å². The van der Waals surface area contributed by atoms with E-state index in [0.29, 0.717) is 24.5 Å². The molecule has 7 heteroatoms. The van der Waals surface area contributed by atoms with Crippen molar-refractivity contribution < 1.29 is 14.3 Å². The van der Waals surface area contributed by atoms with Crippen molar-refractivity contribution in [2.24, 2.45) is 0 Å². The zero-order chi connectivity index (χ0) is 23.2. The molecular weight excluding hydrogens is 416 g/mol. The third-order valence-corrected chi connectivity index (χ3v) is 5.93. The van der Waals surface area contributed by atoms with E-state index in [1.165, 1.54) is 0 Å². The van der Waals surface area contributed by atoms with Gasteiger partial charge < -0.3 is 24.4 Å². The number of fused-ring (bicyclic) bond motifs is 1. The lowest BCUT2D eigenvalue weighted by Gasteiger charge is -2.38. The second kappa shape index (κ2) is 10.3. The van der Waals surface area contributed by atoms with Crippen molar-refractivity contribution in [3.05, 3.63) is 84.2 Å². The molecule has 3 amide bonds. The Hall–Kier alpha value is -3.74. The van der Waals surface area contributed by atoms with E-state index in [-0.39, 0.29) is 24.5 Å². The molecule has 0 bridgehead atoms. The van der Waals surface area contributed by atoms with Crippen molar-refractivity contribution in [1.82, 2.24) is 14.4 Å². The van der Waals surface area contributed by atoms with Gasteiger partial charge in [-0.15, -0.1) is 0 Å². The van der Waals surface area contributed by atoms with Crippen LogP contribution in [0.1, 0.15) is 30.6 Å². The first-order chi connectivity index (χ1) is 16.1. The van der Waals surface area contributed by atoms with Gasteiger partial charge in [-0.2, -0.15) is 0 Å². The standard InChI is InChI=1S/C26H30N4O3/c1-3-15-29(26(32)27-21-12-7-8-14-23(21)33-2)19-24(31)30-18-17-28-16-9-13-22(28)25(30)20-10-5-4-6-11-20/h4-14,16,25H,3,15,17-19H2,1-2H3,(H,27,32). The Kier molecular flexibility index (Phi) is 6.98. The van der Waals surface area contributed by atoms with Gasteiger partial charge in [-0.1, -0.05) is 49.4 Å². The number of urea groups is 1.